The number of aliphatic hydroxyl groups is 1. The number of nitrogens with zero attached hydrogens (tertiary/aromatic N) is 2. The third-order valence-electron chi connectivity index (χ3n) is 10.5. The Kier molecular flexibility index (Phi) is 5.03. The second-order valence-corrected chi connectivity index (χ2v) is 12.7. The number of fused-ring (bicyclic) bond motifs is 4. The van der Waals surface area contributed by atoms with Crippen molar-refractivity contribution in [1.29, 1.82) is 0 Å². The van der Waals surface area contributed by atoms with Crippen LogP contribution in [0.15, 0.2) is 35.3 Å². The van der Waals surface area contributed by atoms with Crippen LogP contribution in [0.1, 0.15) is 79.5 Å². The summed E-state index contributed by atoms with van der Waals surface area (Å²) in [5, 5.41) is 25.0. The number of nitrogens with one attached hydrogen (secondary N) is 1. The summed E-state index contributed by atoms with van der Waals surface area (Å²) < 4.78 is 6.71. The fourth-order valence-corrected chi connectivity index (χ4v) is 8.40. The molecule has 0 radical (unpaired) electrons. The molecular formula is C32H38N4O3. The first-order valence-electron chi connectivity index (χ1n) is 14.8. The summed E-state index contributed by atoms with van der Waals surface area (Å²) in [6, 6.07) is 10.3. The van der Waals surface area contributed by atoms with E-state index >= 15 is 0 Å². The van der Waals surface area contributed by atoms with Crippen LogP contribution in [0.2, 0.25) is 0 Å². The van der Waals surface area contributed by atoms with Crippen molar-refractivity contribution in [1.82, 2.24) is 9.88 Å². The molecule has 2 aliphatic heterocycles. The van der Waals surface area contributed by atoms with E-state index in [1.807, 2.05) is 0 Å². The average molecular weight is 527 g/mol. The Labute approximate surface area is 229 Å². The zero-order valence-electron chi connectivity index (χ0n) is 22.7. The monoisotopic (exact) mass is 526 g/mol. The highest BCUT2D eigenvalue weighted by Gasteiger charge is 2.72. The third-order valence-corrected chi connectivity index (χ3v) is 10.5. The van der Waals surface area contributed by atoms with Gasteiger partial charge >= 0.3 is 0 Å². The normalized spacial score (nSPS) is 30.8. The summed E-state index contributed by atoms with van der Waals surface area (Å²) in [6.07, 6.45) is 7.44. The zero-order valence-corrected chi connectivity index (χ0v) is 22.7. The predicted molar refractivity (Wildman–Crippen MR) is 151 cm³/mol. The first-order valence-corrected chi connectivity index (χ1v) is 14.8. The minimum atomic E-state index is -0.974. The largest absolute Gasteiger partial charge is 0.504 e. The number of nitrogens with two attached hydrogens (primary N) is 1. The number of hydrogen-bond acceptors (Lipinski definition) is 5. The van der Waals surface area contributed by atoms with Crippen molar-refractivity contribution < 1.29 is 14.9 Å². The van der Waals surface area contributed by atoms with E-state index in [4.69, 9.17) is 10.5 Å². The van der Waals surface area contributed by atoms with Gasteiger partial charge in [-0.15, -0.1) is 0 Å². The van der Waals surface area contributed by atoms with Crippen LogP contribution < -0.4 is 10.5 Å². The SMILES string of the molecule is CCCCC(N)=NCc1ccc2[nH]c3c(c2c1)C[C@@]1(O)C2Cc4ccc(O)c5c4[C@@]1(CCN2CC1CC1)C3O5. The van der Waals surface area contributed by atoms with Crippen molar-refractivity contribution in [3.8, 4) is 11.5 Å². The number of aromatic nitrogens is 1. The van der Waals surface area contributed by atoms with Gasteiger partial charge < -0.3 is 25.7 Å². The number of phenolic OH excluding ortho intramolecular Hbond substituents is 1. The molecule has 4 atom stereocenters. The zero-order chi connectivity index (χ0) is 26.5. The molecule has 5 aliphatic rings. The Morgan fingerprint density at radius 3 is 2.95 bits per heavy atom. The van der Waals surface area contributed by atoms with Crippen LogP contribution in [0.25, 0.3) is 10.9 Å². The van der Waals surface area contributed by atoms with Crippen molar-refractivity contribution in [3.63, 3.8) is 0 Å². The first kappa shape index (κ1) is 23.8. The molecule has 3 aromatic rings. The van der Waals surface area contributed by atoms with Gasteiger partial charge in [0.1, 0.15) is 0 Å². The van der Waals surface area contributed by atoms with Crippen molar-refractivity contribution in [2.45, 2.75) is 88.0 Å². The minimum Gasteiger partial charge on any atom is -0.504 e. The van der Waals surface area contributed by atoms with Gasteiger partial charge in [-0.25, -0.2) is 0 Å². The Morgan fingerprint density at radius 2 is 2.13 bits per heavy atom. The maximum Gasteiger partial charge on any atom is 0.166 e. The van der Waals surface area contributed by atoms with Crippen molar-refractivity contribution in [2.75, 3.05) is 13.1 Å². The molecule has 7 heteroatoms. The van der Waals surface area contributed by atoms with Crippen LogP contribution in [0, 0.1) is 5.92 Å². The van der Waals surface area contributed by atoms with Gasteiger partial charge in [0.25, 0.3) is 0 Å². The summed E-state index contributed by atoms with van der Waals surface area (Å²) >= 11 is 0. The Balaban J connectivity index is 1.26. The standard InChI is InChI=1S/C32H38N4O3/c1-2-3-4-26(33)34-16-19-7-9-23-21(13-19)22-15-32(38)25-14-20-8-10-24(37)29-27(20)31(32,30(39-29)28(22)35-23)11-12-36(25)17-18-5-6-18/h7-10,13,18,25,30,35,37-38H,2-6,11-12,14-17H2,1H3,(H2,33,34)/t25?,30?,31-,32+/m0/s1. The maximum atomic E-state index is 13.0. The number of benzene rings is 2. The molecule has 39 heavy (non-hydrogen) atoms. The van der Waals surface area contributed by atoms with Crippen LogP contribution in [0.3, 0.4) is 0 Å². The van der Waals surface area contributed by atoms with Gasteiger partial charge in [0.2, 0.25) is 0 Å². The summed E-state index contributed by atoms with van der Waals surface area (Å²) in [5.74, 6) is 2.23. The quantitative estimate of drug-likeness (QED) is 0.266. The van der Waals surface area contributed by atoms with Crippen molar-refractivity contribution in [2.24, 2.45) is 16.6 Å². The van der Waals surface area contributed by atoms with E-state index in [0.717, 1.165) is 84.4 Å². The number of amidine groups is 1. The highest BCUT2D eigenvalue weighted by Crippen LogP contribution is 2.69. The van der Waals surface area contributed by atoms with Gasteiger partial charge in [-0.2, -0.15) is 0 Å². The number of aromatic amines is 1. The Hall–Kier alpha value is -3.03. The highest BCUT2D eigenvalue weighted by atomic mass is 16.5. The highest BCUT2D eigenvalue weighted by molar-refractivity contribution is 5.87. The summed E-state index contributed by atoms with van der Waals surface area (Å²) in [6.45, 7) is 4.74. The molecule has 1 saturated carbocycles. The molecule has 204 valence electrons. The second-order valence-electron chi connectivity index (χ2n) is 12.7. The Bertz CT molecular complexity index is 1520. The number of aromatic hydroxyl groups is 1. The molecule has 1 saturated heterocycles. The molecule has 1 spiro atoms. The lowest BCUT2D eigenvalue weighted by molar-refractivity contribution is -0.173. The first-order chi connectivity index (χ1) is 18.9. The number of hydrogen-bond donors (Lipinski definition) is 4. The number of piperidine rings is 1. The summed E-state index contributed by atoms with van der Waals surface area (Å²) in [4.78, 5) is 10.9. The van der Waals surface area contributed by atoms with Crippen LogP contribution >= 0.6 is 0 Å². The van der Waals surface area contributed by atoms with Crippen LogP contribution in [0.5, 0.6) is 11.5 Å². The molecule has 0 amide bonds. The minimum absolute atomic E-state index is 0.0326. The van der Waals surface area contributed by atoms with Gasteiger partial charge in [0.05, 0.1) is 29.1 Å². The fraction of sp³-hybridized carbons (Fsp3) is 0.531. The molecule has 3 aliphatic carbocycles. The molecule has 3 heterocycles. The lowest BCUT2D eigenvalue weighted by Gasteiger charge is -2.62. The van der Waals surface area contributed by atoms with Crippen LogP contribution in [0.4, 0.5) is 0 Å². The number of ether oxygens (including phenoxy) is 1. The van der Waals surface area contributed by atoms with Gasteiger partial charge in [0.15, 0.2) is 17.6 Å². The van der Waals surface area contributed by atoms with Gasteiger partial charge in [-0.05, 0) is 79.5 Å². The van der Waals surface area contributed by atoms with Gasteiger partial charge in [-0.3, -0.25) is 9.89 Å². The van der Waals surface area contributed by atoms with E-state index in [0.29, 0.717) is 24.6 Å². The Morgan fingerprint density at radius 1 is 1.26 bits per heavy atom. The van der Waals surface area contributed by atoms with E-state index in [-0.39, 0.29) is 17.9 Å². The average Bonchev–Trinajstić information content (AvgIpc) is 3.57. The number of phenols is 1. The van der Waals surface area contributed by atoms with Crippen LogP contribution in [-0.4, -0.2) is 50.7 Å². The third kappa shape index (κ3) is 3.20. The van der Waals surface area contributed by atoms with Crippen molar-refractivity contribution >= 4 is 16.7 Å². The smallest absolute Gasteiger partial charge is 0.166 e. The molecule has 5 N–H and O–H groups in total. The number of unbranched alkanes of at least 4 members (excludes halogenated alkanes) is 1. The number of likely N-dealkylation sites (tertiary alicyclic amines) is 1. The van der Waals surface area contributed by atoms with E-state index in [9.17, 15) is 10.2 Å². The lowest BCUT2D eigenvalue weighted by Crippen LogP contribution is -2.74. The molecule has 1 aromatic heterocycles. The van der Waals surface area contributed by atoms with E-state index in [1.165, 1.54) is 18.4 Å². The molecule has 7 nitrogen and oxygen atoms in total. The van der Waals surface area contributed by atoms with E-state index < -0.39 is 11.0 Å². The second kappa shape index (κ2) is 8.24. The van der Waals surface area contributed by atoms with Crippen LogP contribution in [-0.2, 0) is 24.8 Å². The molecular weight excluding hydrogens is 488 g/mol. The predicted octanol–water partition coefficient (Wildman–Crippen LogP) is 4.62. The number of rotatable bonds is 7. The van der Waals surface area contributed by atoms with Gasteiger partial charge in [0, 0.05) is 41.9 Å². The van der Waals surface area contributed by atoms with Crippen molar-refractivity contribution in [3.05, 3.63) is 58.3 Å². The van der Waals surface area contributed by atoms with Gasteiger partial charge in [-0.1, -0.05) is 25.5 Å². The number of aliphatic imine (C=N–C) groups is 1. The lowest BCUT2D eigenvalue weighted by atomic mass is 9.49. The molecule has 2 aromatic carbocycles. The molecule has 2 bridgehead atoms. The topological polar surface area (TPSA) is 107 Å². The van der Waals surface area contributed by atoms with E-state index in [1.54, 1.807) is 6.07 Å². The molecule has 8 rings (SSSR count). The maximum absolute atomic E-state index is 13.0. The summed E-state index contributed by atoms with van der Waals surface area (Å²) in [5.41, 5.74) is 11.3. The fourth-order valence-electron chi connectivity index (χ4n) is 8.40. The van der Waals surface area contributed by atoms with E-state index in [2.05, 4.69) is 46.1 Å². The molecule has 2 unspecified atom stereocenters. The summed E-state index contributed by atoms with van der Waals surface area (Å²) in [7, 11) is 0. The molecule has 2 fully saturated rings. The number of H-pyrrole nitrogens is 1.